The molecule has 1 saturated heterocycles. The van der Waals surface area contributed by atoms with E-state index >= 15 is 0 Å². The van der Waals surface area contributed by atoms with Crippen molar-refractivity contribution in [3.8, 4) is 0 Å². The number of nitrogens with one attached hydrogen (secondary N) is 1. The highest BCUT2D eigenvalue weighted by molar-refractivity contribution is 5.87. The largest absolute Gasteiger partial charge is 0.453 e. The Morgan fingerprint density at radius 3 is 2.93 bits per heavy atom. The minimum absolute atomic E-state index is 0.0135. The van der Waals surface area contributed by atoms with Gasteiger partial charge in [0.15, 0.2) is 0 Å². The minimum atomic E-state index is -0.347. The van der Waals surface area contributed by atoms with E-state index in [0.717, 1.165) is 6.42 Å². The van der Waals surface area contributed by atoms with Gasteiger partial charge in [-0.1, -0.05) is 6.58 Å². The number of ether oxygens (including phenoxy) is 1. The molecule has 0 bridgehead atoms. The number of nitrogens with zero attached hydrogens (tertiary/aromatic N) is 1. The summed E-state index contributed by atoms with van der Waals surface area (Å²) in [6.07, 6.45) is 1.63. The summed E-state index contributed by atoms with van der Waals surface area (Å²) in [5, 5.41) is 2.73. The summed E-state index contributed by atoms with van der Waals surface area (Å²) < 4.78 is 4.57. The van der Waals surface area contributed by atoms with Gasteiger partial charge in [0, 0.05) is 19.1 Å². The van der Waals surface area contributed by atoms with Gasteiger partial charge < -0.3 is 15.0 Å². The Labute approximate surface area is 82.7 Å². The molecule has 0 radical (unpaired) electrons. The van der Waals surface area contributed by atoms with Crippen molar-refractivity contribution in [2.45, 2.75) is 12.5 Å². The molecule has 5 nitrogen and oxygen atoms in total. The molecule has 1 aliphatic rings. The van der Waals surface area contributed by atoms with Gasteiger partial charge in [0.1, 0.15) is 0 Å². The summed E-state index contributed by atoms with van der Waals surface area (Å²) in [7, 11) is 1.35. The first-order valence-corrected chi connectivity index (χ1v) is 4.43. The van der Waals surface area contributed by atoms with Crippen LogP contribution in [0, 0.1) is 0 Å². The highest BCUT2D eigenvalue weighted by Crippen LogP contribution is 2.09. The number of methoxy groups -OCH3 is 1. The molecule has 78 valence electrons. The van der Waals surface area contributed by atoms with Crippen LogP contribution in [-0.4, -0.2) is 43.1 Å². The zero-order valence-corrected chi connectivity index (χ0v) is 8.16. The molecule has 0 aromatic carbocycles. The van der Waals surface area contributed by atoms with Gasteiger partial charge in [-0.05, 0) is 12.5 Å². The SMILES string of the molecule is C=CC(=O)NC1CCN(C(=O)OC)C1. The summed E-state index contributed by atoms with van der Waals surface area (Å²) in [5.41, 5.74) is 0. The van der Waals surface area contributed by atoms with Gasteiger partial charge >= 0.3 is 6.09 Å². The maximum Gasteiger partial charge on any atom is 0.409 e. The summed E-state index contributed by atoms with van der Waals surface area (Å²) >= 11 is 0. The molecular weight excluding hydrogens is 184 g/mol. The van der Waals surface area contributed by atoms with Gasteiger partial charge in [-0.15, -0.1) is 0 Å². The summed E-state index contributed by atoms with van der Waals surface area (Å²) in [4.78, 5) is 23.6. The predicted molar refractivity (Wildman–Crippen MR) is 50.7 cm³/mol. The fraction of sp³-hybridized carbons (Fsp3) is 0.556. The molecule has 2 amide bonds. The van der Waals surface area contributed by atoms with Crippen LogP contribution in [0.15, 0.2) is 12.7 Å². The molecule has 1 rings (SSSR count). The van der Waals surface area contributed by atoms with Crippen molar-refractivity contribution >= 4 is 12.0 Å². The van der Waals surface area contributed by atoms with Crippen LogP contribution in [0.25, 0.3) is 0 Å². The molecule has 14 heavy (non-hydrogen) atoms. The molecule has 1 atom stereocenters. The van der Waals surface area contributed by atoms with E-state index in [1.807, 2.05) is 0 Å². The van der Waals surface area contributed by atoms with E-state index in [1.165, 1.54) is 13.2 Å². The van der Waals surface area contributed by atoms with E-state index in [0.29, 0.717) is 13.1 Å². The Morgan fingerprint density at radius 1 is 1.64 bits per heavy atom. The zero-order valence-electron chi connectivity index (χ0n) is 8.16. The Balaban J connectivity index is 2.37. The van der Waals surface area contributed by atoms with Crippen LogP contribution >= 0.6 is 0 Å². The van der Waals surface area contributed by atoms with E-state index in [4.69, 9.17) is 0 Å². The molecule has 0 aromatic rings. The van der Waals surface area contributed by atoms with Gasteiger partial charge in [-0.25, -0.2) is 4.79 Å². The number of hydrogen-bond donors (Lipinski definition) is 1. The Morgan fingerprint density at radius 2 is 2.36 bits per heavy atom. The van der Waals surface area contributed by atoms with Crippen molar-refractivity contribution in [3.63, 3.8) is 0 Å². The lowest BCUT2D eigenvalue weighted by molar-refractivity contribution is -0.117. The zero-order chi connectivity index (χ0) is 10.6. The van der Waals surface area contributed by atoms with Crippen LogP contribution in [0.2, 0.25) is 0 Å². The van der Waals surface area contributed by atoms with Gasteiger partial charge in [-0.3, -0.25) is 4.79 Å². The van der Waals surface area contributed by atoms with E-state index < -0.39 is 0 Å². The second-order valence-corrected chi connectivity index (χ2v) is 3.11. The monoisotopic (exact) mass is 198 g/mol. The third-order valence-electron chi connectivity index (χ3n) is 2.15. The van der Waals surface area contributed by atoms with Crippen LogP contribution in [0.4, 0.5) is 4.79 Å². The molecule has 1 aliphatic heterocycles. The van der Waals surface area contributed by atoms with Crippen molar-refractivity contribution in [3.05, 3.63) is 12.7 Å². The van der Waals surface area contributed by atoms with Crippen LogP contribution in [0.3, 0.4) is 0 Å². The van der Waals surface area contributed by atoms with E-state index in [-0.39, 0.29) is 18.0 Å². The van der Waals surface area contributed by atoms with Crippen LogP contribution in [0.5, 0.6) is 0 Å². The quantitative estimate of drug-likeness (QED) is 0.641. The van der Waals surface area contributed by atoms with Gasteiger partial charge in [0.2, 0.25) is 5.91 Å². The number of amides is 2. The van der Waals surface area contributed by atoms with Crippen molar-refractivity contribution < 1.29 is 14.3 Å². The van der Waals surface area contributed by atoms with Crippen LogP contribution in [0.1, 0.15) is 6.42 Å². The third-order valence-corrected chi connectivity index (χ3v) is 2.15. The lowest BCUT2D eigenvalue weighted by Gasteiger charge is -2.14. The fourth-order valence-corrected chi connectivity index (χ4v) is 1.43. The standard InChI is InChI=1S/C9H14N2O3/c1-3-8(12)10-7-4-5-11(6-7)9(13)14-2/h3,7H,1,4-6H2,2H3,(H,10,12). The number of carbonyl (C=O) groups excluding carboxylic acids is 2. The lowest BCUT2D eigenvalue weighted by atomic mass is 10.2. The third kappa shape index (κ3) is 2.48. The van der Waals surface area contributed by atoms with E-state index in [2.05, 4.69) is 16.6 Å². The van der Waals surface area contributed by atoms with Gasteiger partial charge in [-0.2, -0.15) is 0 Å². The van der Waals surface area contributed by atoms with Crippen molar-refractivity contribution in [1.82, 2.24) is 10.2 Å². The number of carbonyl (C=O) groups is 2. The molecule has 0 aromatic heterocycles. The normalized spacial score (nSPS) is 20.4. The van der Waals surface area contributed by atoms with E-state index in [1.54, 1.807) is 4.90 Å². The average molecular weight is 198 g/mol. The number of hydrogen-bond acceptors (Lipinski definition) is 3. The topological polar surface area (TPSA) is 58.6 Å². The number of likely N-dealkylation sites (tertiary alicyclic amines) is 1. The summed E-state index contributed by atoms with van der Waals surface area (Å²) in [6, 6.07) is 0.0135. The maximum atomic E-state index is 11.1. The van der Waals surface area contributed by atoms with Crippen LogP contribution < -0.4 is 5.32 Å². The molecule has 0 aliphatic carbocycles. The first kappa shape index (κ1) is 10.6. The minimum Gasteiger partial charge on any atom is -0.453 e. The second kappa shape index (κ2) is 4.64. The second-order valence-electron chi connectivity index (χ2n) is 3.11. The summed E-state index contributed by atoms with van der Waals surface area (Å²) in [5.74, 6) is -0.207. The van der Waals surface area contributed by atoms with Gasteiger partial charge in [0.05, 0.1) is 7.11 Å². The first-order valence-electron chi connectivity index (χ1n) is 4.43. The Bertz CT molecular complexity index is 252. The highest BCUT2D eigenvalue weighted by Gasteiger charge is 2.27. The fourth-order valence-electron chi connectivity index (χ4n) is 1.43. The van der Waals surface area contributed by atoms with Gasteiger partial charge in [0.25, 0.3) is 0 Å². The van der Waals surface area contributed by atoms with Crippen molar-refractivity contribution in [2.75, 3.05) is 20.2 Å². The molecule has 0 saturated carbocycles. The first-order chi connectivity index (χ1) is 6.67. The molecule has 1 heterocycles. The summed E-state index contributed by atoms with van der Waals surface area (Å²) in [6.45, 7) is 4.48. The smallest absolute Gasteiger partial charge is 0.409 e. The Hall–Kier alpha value is -1.52. The predicted octanol–water partition coefficient (Wildman–Crippen LogP) is 0.129. The molecule has 1 fully saturated rings. The van der Waals surface area contributed by atoms with Crippen molar-refractivity contribution in [2.24, 2.45) is 0 Å². The van der Waals surface area contributed by atoms with Crippen LogP contribution in [-0.2, 0) is 9.53 Å². The lowest BCUT2D eigenvalue weighted by Crippen LogP contribution is -2.37. The molecule has 1 unspecified atom stereocenters. The van der Waals surface area contributed by atoms with Crippen molar-refractivity contribution in [1.29, 1.82) is 0 Å². The maximum absolute atomic E-state index is 11.1. The number of rotatable bonds is 2. The molecule has 1 N–H and O–H groups in total. The average Bonchev–Trinajstić information content (AvgIpc) is 2.65. The molecule has 0 spiro atoms. The molecule has 5 heteroatoms. The van der Waals surface area contributed by atoms with E-state index in [9.17, 15) is 9.59 Å². The molecular formula is C9H14N2O3. The Kier molecular flexibility index (Phi) is 3.50. The highest BCUT2D eigenvalue weighted by atomic mass is 16.5.